The van der Waals surface area contributed by atoms with Crippen LogP contribution < -0.4 is 5.32 Å². The number of unbranched alkanes of at least 4 members (excludes halogenated alkanes) is 6. The number of hydrogen-bond donors (Lipinski definition) is 2. The number of carbonyl (C=O) groups excluding carboxylic acids is 1. The van der Waals surface area contributed by atoms with Gasteiger partial charge in [0, 0.05) is 19.2 Å². The van der Waals surface area contributed by atoms with Gasteiger partial charge in [-0.25, -0.2) is 0 Å². The first-order valence-electron chi connectivity index (χ1n) is 9.26. The fourth-order valence-corrected chi connectivity index (χ4v) is 2.43. The maximum absolute atomic E-state index is 11.9. The van der Waals surface area contributed by atoms with Gasteiger partial charge in [0.2, 0.25) is 0 Å². The van der Waals surface area contributed by atoms with Gasteiger partial charge in [-0.3, -0.25) is 14.6 Å². The molecule has 0 atom stereocenters. The molecule has 0 unspecified atom stereocenters. The quantitative estimate of drug-likeness (QED) is 0.518. The predicted octanol–water partition coefficient (Wildman–Crippen LogP) is 4.44. The van der Waals surface area contributed by atoms with Crippen LogP contribution in [0, 0.1) is 0 Å². The van der Waals surface area contributed by atoms with E-state index in [1.54, 1.807) is 12.3 Å². The van der Waals surface area contributed by atoms with Gasteiger partial charge in [0.1, 0.15) is 5.69 Å². The summed E-state index contributed by atoms with van der Waals surface area (Å²) in [7, 11) is 0. The van der Waals surface area contributed by atoms with Crippen LogP contribution in [0.15, 0.2) is 24.4 Å². The number of amides is 1. The molecule has 0 saturated carbocycles. The lowest BCUT2D eigenvalue weighted by atomic mass is 10.1. The topological polar surface area (TPSA) is 79.3 Å². The van der Waals surface area contributed by atoms with E-state index in [1.807, 2.05) is 12.1 Å². The number of rotatable bonds is 13. The molecule has 25 heavy (non-hydrogen) atoms. The summed E-state index contributed by atoms with van der Waals surface area (Å²) in [6.07, 6.45) is 15.2. The van der Waals surface area contributed by atoms with E-state index in [9.17, 15) is 9.59 Å². The van der Waals surface area contributed by atoms with E-state index in [0.29, 0.717) is 18.7 Å². The molecule has 0 saturated heterocycles. The summed E-state index contributed by atoms with van der Waals surface area (Å²) < 4.78 is 0. The van der Waals surface area contributed by atoms with Crippen molar-refractivity contribution in [1.29, 1.82) is 0 Å². The lowest BCUT2D eigenvalue weighted by molar-refractivity contribution is -0.137. The largest absolute Gasteiger partial charge is 0.481 e. The van der Waals surface area contributed by atoms with Crippen molar-refractivity contribution in [3.63, 3.8) is 0 Å². The summed E-state index contributed by atoms with van der Waals surface area (Å²) >= 11 is 0. The van der Waals surface area contributed by atoms with Crippen molar-refractivity contribution < 1.29 is 14.7 Å². The summed E-state index contributed by atoms with van der Waals surface area (Å²) in [6, 6.07) is 3.56. The average Bonchev–Trinajstić information content (AvgIpc) is 2.61. The molecule has 0 bridgehead atoms. The first-order valence-corrected chi connectivity index (χ1v) is 9.26. The van der Waals surface area contributed by atoms with Crippen molar-refractivity contribution in [2.24, 2.45) is 0 Å². The Morgan fingerprint density at radius 1 is 1.12 bits per heavy atom. The minimum atomic E-state index is -0.857. The monoisotopic (exact) mass is 346 g/mol. The fourth-order valence-electron chi connectivity index (χ4n) is 2.43. The van der Waals surface area contributed by atoms with Crippen molar-refractivity contribution in [1.82, 2.24) is 10.3 Å². The highest BCUT2D eigenvalue weighted by atomic mass is 16.4. The molecule has 0 aliphatic rings. The molecular weight excluding hydrogens is 316 g/mol. The maximum atomic E-state index is 11.9. The van der Waals surface area contributed by atoms with Gasteiger partial charge in [-0.15, -0.1) is 0 Å². The number of aromatic nitrogens is 1. The third kappa shape index (κ3) is 10.3. The van der Waals surface area contributed by atoms with Crippen molar-refractivity contribution in [2.75, 3.05) is 6.54 Å². The van der Waals surface area contributed by atoms with E-state index in [4.69, 9.17) is 5.11 Å². The van der Waals surface area contributed by atoms with Gasteiger partial charge in [-0.05, 0) is 30.9 Å². The zero-order valence-electron chi connectivity index (χ0n) is 15.2. The van der Waals surface area contributed by atoms with E-state index in [0.717, 1.165) is 12.0 Å². The third-order valence-corrected chi connectivity index (χ3v) is 3.91. The number of carboxylic acids is 1. The van der Waals surface area contributed by atoms with E-state index in [1.165, 1.54) is 38.5 Å². The molecule has 0 aliphatic carbocycles. The number of nitrogens with one attached hydrogen (secondary N) is 1. The number of allylic oxidation sites excluding steroid dienone is 1. The molecule has 0 radical (unpaired) electrons. The second kappa shape index (κ2) is 13.2. The van der Waals surface area contributed by atoms with Crippen LogP contribution in [0.3, 0.4) is 0 Å². The van der Waals surface area contributed by atoms with Gasteiger partial charge in [0.05, 0.1) is 0 Å². The molecule has 0 spiro atoms. The highest BCUT2D eigenvalue weighted by Crippen LogP contribution is 2.09. The molecule has 1 amide bonds. The van der Waals surface area contributed by atoms with Gasteiger partial charge in [0.15, 0.2) is 0 Å². The first-order chi connectivity index (χ1) is 12.1. The molecule has 138 valence electrons. The second-order valence-electron chi connectivity index (χ2n) is 6.19. The van der Waals surface area contributed by atoms with Crippen LogP contribution in [0.25, 0.3) is 6.08 Å². The van der Waals surface area contributed by atoms with E-state index < -0.39 is 5.97 Å². The lowest BCUT2D eigenvalue weighted by Gasteiger charge is -2.03. The maximum Gasteiger partial charge on any atom is 0.303 e. The molecular formula is C20H30N2O3. The van der Waals surface area contributed by atoms with Crippen LogP contribution in [0.2, 0.25) is 0 Å². The number of pyridine rings is 1. The Morgan fingerprint density at radius 2 is 1.88 bits per heavy atom. The normalized spacial score (nSPS) is 10.9. The van der Waals surface area contributed by atoms with Crippen LogP contribution in [-0.2, 0) is 4.79 Å². The molecule has 0 aromatic carbocycles. The fraction of sp³-hybridized carbons (Fsp3) is 0.550. The number of carboxylic acid groups (broad SMARTS) is 1. The Bertz CT molecular complexity index is 538. The SMILES string of the molecule is CCCCCCCCC=Cc1ccc(C(=O)NCCCC(=O)O)nc1. The Kier molecular flexibility index (Phi) is 11.0. The molecule has 0 fully saturated rings. The van der Waals surface area contributed by atoms with E-state index in [-0.39, 0.29) is 12.3 Å². The molecule has 5 heteroatoms. The molecule has 1 aromatic heterocycles. The van der Waals surface area contributed by atoms with Gasteiger partial charge < -0.3 is 10.4 Å². The van der Waals surface area contributed by atoms with Crippen molar-refractivity contribution in [3.05, 3.63) is 35.7 Å². The molecule has 2 N–H and O–H groups in total. The standard InChI is InChI=1S/C20H30N2O3/c1-2-3-4-5-6-7-8-9-11-17-13-14-18(22-16-17)20(25)21-15-10-12-19(23)24/h9,11,13-14,16H,2-8,10,12,15H2,1H3,(H,21,25)(H,23,24). The van der Waals surface area contributed by atoms with Gasteiger partial charge in [0.25, 0.3) is 5.91 Å². The highest BCUT2D eigenvalue weighted by Gasteiger charge is 2.06. The van der Waals surface area contributed by atoms with E-state index in [2.05, 4.69) is 23.3 Å². The van der Waals surface area contributed by atoms with Crippen LogP contribution >= 0.6 is 0 Å². The van der Waals surface area contributed by atoms with Crippen LogP contribution in [0.5, 0.6) is 0 Å². The Morgan fingerprint density at radius 3 is 2.56 bits per heavy atom. The van der Waals surface area contributed by atoms with Crippen molar-refractivity contribution in [2.45, 2.75) is 64.7 Å². The Labute approximate surface area is 150 Å². The van der Waals surface area contributed by atoms with Gasteiger partial charge >= 0.3 is 5.97 Å². The van der Waals surface area contributed by atoms with Crippen LogP contribution in [0.4, 0.5) is 0 Å². The zero-order valence-corrected chi connectivity index (χ0v) is 15.2. The van der Waals surface area contributed by atoms with Gasteiger partial charge in [-0.1, -0.05) is 57.2 Å². The number of hydrogen-bond acceptors (Lipinski definition) is 3. The predicted molar refractivity (Wildman–Crippen MR) is 100 cm³/mol. The van der Waals surface area contributed by atoms with Crippen molar-refractivity contribution in [3.8, 4) is 0 Å². The second-order valence-corrected chi connectivity index (χ2v) is 6.19. The van der Waals surface area contributed by atoms with Crippen LogP contribution in [0.1, 0.15) is 80.8 Å². The van der Waals surface area contributed by atoms with Crippen LogP contribution in [-0.4, -0.2) is 28.5 Å². The summed E-state index contributed by atoms with van der Waals surface area (Å²) in [5.74, 6) is -1.13. The zero-order chi connectivity index (χ0) is 18.3. The minimum absolute atomic E-state index is 0.0516. The summed E-state index contributed by atoms with van der Waals surface area (Å²) in [5.41, 5.74) is 1.33. The van der Waals surface area contributed by atoms with E-state index >= 15 is 0 Å². The number of nitrogens with zero attached hydrogens (tertiary/aromatic N) is 1. The lowest BCUT2D eigenvalue weighted by Crippen LogP contribution is -2.25. The molecule has 1 heterocycles. The van der Waals surface area contributed by atoms with Gasteiger partial charge in [-0.2, -0.15) is 0 Å². The summed E-state index contributed by atoms with van der Waals surface area (Å²) in [4.78, 5) is 26.4. The smallest absolute Gasteiger partial charge is 0.303 e. The molecule has 0 aliphatic heterocycles. The number of carbonyl (C=O) groups is 2. The first kappa shape index (κ1) is 20.9. The van der Waals surface area contributed by atoms with Crippen molar-refractivity contribution >= 4 is 18.0 Å². The molecule has 1 aromatic rings. The third-order valence-electron chi connectivity index (χ3n) is 3.91. The summed E-state index contributed by atoms with van der Waals surface area (Å²) in [5, 5.41) is 11.2. The average molecular weight is 346 g/mol. The Hall–Kier alpha value is -2.17. The highest BCUT2D eigenvalue weighted by molar-refractivity contribution is 5.92. The number of aliphatic carboxylic acids is 1. The minimum Gasteiger partial charge on any atom is -0.481 e. The summed E-state index contributed by atoms with van der Waals surface area (Å²) in [6.45, 7) is 2.57. The Balaban J connectivity index is 2.24. The molecule has 5 nitrogen and oxygen atoms in total. The molecule has 1 rings (SSSR count).